The molecule has 1 saturated heterocycles. The van der Waals surface area contributed by atoms with Crippen LogP contribution >= 0.6 is 0 Å². The van der Waals surface area contributed by atoms with Crippen LogP contribution in [-0.4, -0.2) is 60.8 Å². The second-order valence-corrected chi connectivity index (χ2v) is 6.62. The highest BCUT2D eigenvalue weighted by molar-refractivity contribution is 7.85. The predicted octanol–water partition coefficient (Wildman–Crippen LogP) is 1.27. The van der Waals surface area contributed by atoms with Gasteiger partial charge < -0.3 is 18.9 Å². The molecule has 0 N–H and O–H groups in total. The average Bonchev–Trinajstić information content (AvgIpc) is 2.44. The number of rotatable bonds is 10. The van der Waals surface area contributed by atoms with Crippen LogP contribution in [0.15, 0.2) is 0 Å². The lowest BCUT2D eigenvalue weighted by atomic mass is 10.1. The molecule has 0 aromatic carbocycles. The topological polar surface area (TPSA) is 80.3 Å². The lowest BCUT2D eigenvalue weighted by Crippen LogP contribution is -2.37. The maximum atomic E-state index is 10.9. The molecule has 21 heavy (non-hydrogen) atoms. The van der Waals surface area contributed by atoms with Gasteiger partial charge in [0.2, 0.25) is 0 Å². The Morgan fingerprint density at radius 2 is 1.95 bits per heavy atom. The minimum absolute atomic E-state index is 0.115. The Hall–Kier alpha value is -0.250. The zero-order valence-electron chi connectivity index (χ0n) is 12.9. The molecule has 0 aliphatic carbocycles. The molecule has 1 heterocycles. The minimum Gasteiger partial charge on any atom is -0.353 e. The summed E-state index contributed by atoms with van der Waals surface area (Å²) in [5.74, 6) is 0. The summed E-state index contributed by atoms with van der Waals surface area (Å²) < 4.78 is 48.5. The number of methoxy groups -OCH3 is 2. The van der Waals surface area contributed by atoms with Gasteiger partial charge in [0.1, 0.15) is 6.10 Å². The normalized spacial score (nSPS) is 21.6. The Morgan fingerprint density at radius 3 is 2.48 bits per heavy atom. The van der Waals surface area contributed by atoms with Crippen LogP contribution in [0.4, 0.5) is 0 Å². The quantitative estimate of drug-likeness (QED) is 0.340. The van der Waals surface area contributed by atoms with E-state index in [-0.39, 0.29) is 19.0 Å². The van der Waals surface area contributed by atoms with E-state index in [4.69, 9.17) is 23.1 Å². The van der Waals surface area contributed by atoms with Crippen molar-refractivity contribution >= 4 is 10.1 Å². The molecule has 1 rings (SSSR count). The fourth-order valence-corrected chi connectivity index (χ4v) is 2.60. The molecule has 0 aromatic rings. The molecule has 0 spiro atoms. The molecular formula is C13H26O7S. The van der Waals surface area contributed by atoms with Gasteiger partial charge in [0, 0.05) is 20.8 Å². The summed E-state index contributed by atoms with van der Waals surface area (Å²) >= 11 is 0. The molecule has 1 aliphatic rings. The van der Waals surface area contributed by atoms with Crippen LogP contribution < -0.4 is 0 Å². The molecule has 1 fully saturated rings. The smallest absolute Gasteiger partial charge is 0.264 e. The van der Waals surface area contributed by atoms with E-state index in [9.17, 15) is 8.42 Å². The monoisotopic (exact) mass is 326 g/mol. The average molecular weight is 326 g/mol. The van der Waals surface area contributed by atoms with Gasteiger partial charge in [-0.2, -0.15) is 8.42 Å². The number of hydrogen-bond acceptors (Lipinski definition) is 7. The van der Waals surface area contributed by atoms with Crippen molar-refractivity contribution < 1.29 is 31.5 Å². The SMILES string of the molecule is COC(OC)C(CCCOS(C)(=O)=O)OC1CCCCO1. The largest absolute Gasteiger partial charge is 0.353 e. The highest BCUT2D eigenvalue weighted by Gasteiger charge is 2.26. The van der Waals surface area contributed by atoms with E-state index in [1.807, 2.05) is 0 Å². The lowest BCUT2D eigenvalue weighted by molar-refractivity contribution is -0.252. The highest BCUT2D eigenvalue weighted by atomic mass is 32.2. The predicted molar refractivity (Wildman–Crippen MR) is 76.3 cm³/mol. The second kappa shape index (κ2) is 9.70. The van der Waals surface area contributed by atoms with Crippen LogP contribution in [0.1, 0.15) is 32.1 Å². The third kappa shape index (κ3) is 8.08. The van der Waals surface area contributed by atoms with Crippen LogP contribution in [-0.2, 0) is 33.2 Å². The van der Waals surface area contributed by atoms with Gasteiger partial charge in [-0.1, -0.05) is 0 Å². The fraction of sp³-hybridized carbons (Fsp3) is 1.00. The van der Waals surface area contributed by atoms with Crippen molar-refractivity contribution in [1.82, 2.24) is 0 Å². The van der Waals surface area contributed by atoms with E-state index in [1.54, 1.807) is 14.2 Å². The van der Waals surface area contributed by atoms with E-state index in [1.165, 1.54) is 0 Å². The van der Waals surface area contributed by atoms with Gasteiger partial charge in [-0.3, -0.25) is 4.18 Å². The number of hydrogen-bond donors (Lipinski definition) is 0. The van der Waals surface area contributed by atoms with E-state index < -0.39 is 16.4 Å². The zero-order chi connectivity index (χ0) is 15.7. The molecule has 126 valence electrons. The van der Waals surface area contributed by atoms with Crippen LogP contribution in [0.25, 0.3) is 0 Å². The maximum absolute atomic E-state index is 10.9. The highest BCUT2D eigenvalue weighted by Crippen LogP contribution is 2.20. The Bertz CT molecular complexity index is 361. The summed E-state index contributed by atoms with van der Waals surface area (Å²) in [7, 11) is -0.327. The Labute approximate surface area is 127 Å². The molecule has 0 saturated carbocycles. The van der Waals surface area contributed by atoms with Crippen LogP contribution in [0, 0.1) is 0 Å². The molecule has 0 aromatic heterocycles. The van der Waals surface area contributed by atoms with Gasteiger partial charge >= 0.3 is 0 Å². The van der Waals surface area contributed by atoms with E-state index in [2.05, 4.69) is 0 Å². The summed E-state index contributed by atoms with van der Waals surface area (Å²) in [6, 6.07) is 0. The Morgan fingerprint density at radius 1 is 1.24 bits per heavy atom. The Kier molecular flexibility index (Phi) is 8.69. The van der Waals surface area contributed by atoms with Gasteiger partial charge in [0.05, 0.1) is 12.9 Å². The van der Waals surface area contributed by atoms with Crippen molar-refractivity contribution in [3.63, 3.8) is 0 Å². The third-order valence-electron chi connectivity index (χ3n) is 3.16. The van der Waals surface area contributed by atoms with Gasteiger partial charge in [-0.05, 0) is 32.1 Å². The first kappa shape index (κ1) is 18.8. The fourth-order valence-electron chi connectivity index (χ4n) is 2.18. The standard InChI is InChI=1S/C13H26O7S/c1-16-13(17-2)11(7-6-10-19-21(3,14)15)20-12-8-4-5-9-18-12/h11-13H,4-10H2,1-3H3. The van der Waals surface area contributed by atoms with Gasteiger partial charge in [-0.25, -0.2) is 0 Å². The first-order valence-corrected chi connectivity index (χ1v) is 8.95. The van der Waals surface area contributed by atoms with Crippen molar-refractivity contribution in [2.45, 2.75) is 50.8 Å². The molecule has 7 nitrogen and oxygen atoms in total. The van der Waals surface area contributed by atoms with Crippen molar-refractivity contribution in [1.29, 1.82) is 0 Å². The number of ether oxygens (including phenoxy) is 4. The van der Waals surface area contributed by atoms with E-state index >= 15 is 0 Å². The van der Waals surface area contributed by atoms with Crippen LogP contribution in [0.2, 0.25) is 0 Å². The van der Waals surface area contributed by atoms with Crippen molar-refractivity contribution in [3.8, 4) is 0 Å². The maximum Gasteiger partial charge on any atom is 0.264 e. The van der Waals surface area contributed by atoms with Crippen molar-refractivity contribution in [3.05, 3.63) is 0 Å². The van der Waals surface area contributed by atoms with Gasteiger partial charge in [0.25, 0.3) is 10.1 Å². The summed E-state index contributed by atoms with van der Waals surface area (Å²) in [5, 5.41) is 0. The molecule has 0 radical (unpaired) electrons. The van der Waals surface area contributed by atoms with E-state index in [0.29, 0.717) is 19.4 Å². The van der Waals surface area contributed by atoms with E-state index in [0.717, 1.165) is 25.5 Å². The summed E-state index contributed by atoms with van der Waals surface area (Å²) in [5.41, 5.74) is 0. The molecule has 2 unspecified atom stereocenters. The third-order valence-corrected chi connectivity index (χ3v) is 3.76. The van der Waals surface area contributed by atoms with Crippen molar-refractivity contribution in [2.24, 2.45) is 0 Å². The molecule has 2 atom stereocenters. The Balaban J connectivity index is 2.43. The van der Waals surface area contributed by atoms with Gasteiger partial charge in [0.15, 0.2) is 12.6 Å². The molecule has 1 aliphatic heterocycles. The summed E-state index contributed by atoms with van der Waals surface area (Å²) in [6.07, 6.45) is 3.96. The molecule has 0 amide bonds. The molecular weight excluding hydrogens is 300 g/mol. The molecule has 0 bridgehead atoms. The first-order chi connectivity index (χ1) is 9.96. The minimum atomic E-state index is -3.41. The van der Waals surface area contributed by atoms with Crippen LogP contribution in [0.5, 0.6) is 0 Å². The van der Waals surface area contributed by atoms with Gasteiger partial charge in [-0.15, -0.1) is 0 Å². The van der Waals surface area contributed by atoms with Crippen LogP contribution in [0.3, 0.4) is 0 Å². The summed E-state index contributed by atoms with van der Waals surface area (Å²) in [4.78, 5) is 0. The van der Waals surface area contributed by atoms with Crippen molar-refractivity contribution in [2.75, 3.05) is 33.7 Å². The summed E-state index contributed by atoms with van der Waals surface area (Å²) in [6.45, 7) is 0.809. The molecule has 8 heteroatoms. The first-order valence-electron chi connectivity index (χ1n) is 7.13. The second-order valence-electron chi connectivity index (χ2n) is 4.98. The zero-order valence-corrected chi connectivity index (χ0v) is 13.8. The lowest BCUT2D eigenvalue weighted by Gasteiger charge is -2.31.